The van der Waals surface area contributed by atoms with E-state index >= 15 is 0 Å². The van der Waals surface area contributed by atoms with Crippen LogP contribution in [0.1, 0.15) is 0 Å². The molecule has 57 heavy (non-hydrogen) atoms. The van der Waals surface area contributed by atoms with Crippen molar-refractivity contribution in [3.63, 3.8) is 0 Å². The third-order valence-electron chi connectivity index (χ3n) is 9.83. The van der Waals surface area contributed by atoms with Crippen LogP contribution < -0.4 is 0 Å². The summed E-state index contributed by atoms with van der Waals surface area (Å²) in [5.74, 6) is 3.69. The van der Waals surface area contributed by atoms with Crippen LogP contribution in [-0.4, -0.2) is 29.9 Å². The molecule has 0 bridgehead atoms. The van der Waals surface area contributed by atoms with Gasteiger partial charge in [-0.3, -0.25) is 0 Å². The van der Waals surface area contributed by atoms with Crippen molar-refractivity contribution >= 4 is 37.2 Å². The lowest BCUT2D eigenvalue weighted by atomic mass is 10.0. The maximum atomic E-state index is 7.26. The van der Waals surface area contributed by atoms with E-state index in [1.54, 1.807) is 11.3 Å². The summed E-state index contributed by atoms with van der Waals surface area (Å²) in [6.45, 7) is 7.26. The summed E-state index contributed by atoms with van der Waals surface area (Å²) >= 11 is 1.74. The number of hydrogen-bond donors (Lipinski definition) is 0. The maximum Gasteiger partial charge on any atom is 0.187 e. The van der Waals surface area contributed by atoms with Crippen LogP contribution in [0.15, 0.2) is 176 Å². The zero-order valence-corrected chi connectivity index (χ0v) is 31.1. The Balaban J connectivity index is 1.04. The lowest BCUT2D eigenvalue weighted by Gasteiger charge is -2.09. The first-order chi connectivity index (χ1) is 28.1. The summed E-state index contributed by atoms with van der Waals surface area (Å²) in [5, 5.41) is 2.27. The minimum atomic E-state index is 0.594. The van der Waals surface area contributed by atoms with Gasteiger partial charge in [0.2, 0.25) is 0 Å². The smallest absolute Gasteiger partial charge is 0.187 e. The lowest BCUT2D eigenvalue weighted by molar-refractivity contribution is 1.07. The lowest BCUT2D eigenvalue weighted by Crippen LogP contribution is -2.00. The normalized spacial score (nSPS) is 11.1. The molecule has 10 rings (SSSR count). The SMILES string of the molecule is [C-]#[N+]c1ccc(-c2ccc(-c3nc(-c4ccccc4)nc(-c4ccc5c(c4)sc4ccc(-c6nc(-c7ccccc7)nc(-c7ccccc7)n6)cc45)n3)cc2)cc1. The van der Waals surface area contributed by atoms with E-state index in [4.69, 9.17) is 36.5 Å². The molecule has 0 aliphatic carbocycles. The average molecular weight is 748 g/mol. The van der Waals surface area contributed by atoms with Gasteiger partial charge in [0, 0.05) is 53.6 Å². The molecule has 0 atom stereocenters. The molecule has 3 aromatic heterocycles. The van der Waals surface area contributed by atoms with Gasteiger partial charge < -0.3 is 0 Å². The molecule has 266 valence electrons. The molecule has 0 radical (unpaired) electrons. The van der Waals surface area contributed by atoms with Gasteiger partial charge in [0.1, 0.15) is 0 Å². The third-order valence-corrected chi connectivity index (χ3v) is 11.0. The van der Waals surface area contributed by atoms with Crippen LogP contribution in [0.25, 0.3) is 104 Å². The van der Waals surface area contributed by atoms with Crippen molar-refractivity contribution in [1.82, 2.24) is 29.9 Å². The highest BCUT2D eigenvalue weighted by molar-refractivity contribution is 7.25. The van der Waals surface area contributed by atoms with E-state index < -0.39 is 0 Å². The van der Waals surface area contributed by atoms with E-state index in [0.717, 1.165) is 64.7 Å². The molecule has 3 heterocycles. The fourth-order valence-electron chi connectivity index (χ4n) is 6.88. The molecule has 0 aliphatic heterocycles. The monoisotopic (exact) mass is 747 g/mol. The second-order valence-electron chi connectivity index (χ2n) is 13.5. The maximum absolute atomic E-state index is 7.26. The summed E-state index contributed by atoms with van der Waals surface area (Å²) in [6, 6.07) is 58.7. The number of fused-ring (bicyclic) bond motifs is 3. The largest absolute Gasteiger partial charge is 0.238 e. The number of thiophene rings is 1. The van der Waals surface area contributed by atoms with Gasteiger partial charge in [-0.05, 0) is 35.4 Å². The molecule has 0 amide bonds. The first kappa shape index (κ1) is 33.8. The van der Waals surface area contributed by atoms with Gasteiger partial charge in [-0.2, -0.15) is 0 Å². The molecule has 10 aromatic rings. The second-order valence-corrected chi connectivity index (χ2v) is 14.6. The minimum absolute atomic E-state index is 0.594. The summed E-state index contributed by atoms with van der Waals surface area (Å²) in [7, 11) is 0. The van der Waals surface area contributed by atoms with Gasteiger partial charge in [-0.1, -0.05) is 152 Å². The molecule has 0 N–H and O–H groups in total. The molecule has 0 aliphatic rings. The Hall–Kier alpha value is -7.73. The molecule has 0 fully saturated rings. The fourth-order valence-corrected chi connectivity index (χ4v) is 8.01. The Bertz CT molecular complexity index is 3050. The van der Waals surface area contributed by atoms with E-state index in [0.29, 0.717) is 40.6 Å². The van der Waals surface area contributed by atoms with Gasteiger partial charge in [-0.25, -0.2) is 34.7 Å². The predicted octanol–water partition coefficient (Wildman–Crippen LogP) is 12.6. The van der Waals surface area contributed by atoms with E-state index in [9.17, 15) is 0 Å². The van der Waals surface area contributed by atoms with E-state index in [1.165, 1.54) is 0 Å². The third kappa shape index (κ3) is 6.69. The Morgan fingerprint density at radius 1 is 0.316 bits per heavy atom. The fraction of sp³-hybridized carbons (Fsp3) is 0. The van der Waals surface area contributed by atoms with Crippen LogP contribution in [0, 0.1) is 6.57 Å². The molecule has 8 heteroatoms. The van der Waals surface area contributed by atoms with Crippen LogP contribution in [0.5, 0.6) is 0 Å². The zero-order chi connectivity index (χ0) is 38.1. The van der Waals surface area contributed by atoms with Gasteiger partial charge in [0.25, 0.3) is 0 Å². The van der Waals surface area contributed by atoms with Crippen LogP contribution in [0.3, 0.4) is 0 Å². The van der Waals surface area contributed by atoms with Crippen molar-refractivity contribution in [3.8, 4) is 79.5 Å². The highest BCUT2D eigenvalue weighted by Crippen LogP contribution is 2.39. The summed E-state index contributed by atoms with van der Waals surface area (Å²) in [5.41, 5.74) is 8.21. The quantitative estimate of drug-likeness (QED) is 0.151. The van der Waals surface area contributed by atoms with Crippen LogP contribution in [0.2, 0.25) is 0 Å². The van der Waals surface area contributed by atoms with Crippen molar-refractivity contribution in [3.05, 3.63) is 187 Å². The molecule has 0 spiro atoms. The van der Waals surface area contributed by atoms with Gasteiger partial charge in [-0.15, -0.1) is 11.3 Å². The van der Waals surface area contributed by atoms with E-state index in [2.05, 4.69) is 53.4 Å². The first-order valence-corrected chi connectivity index (χ1v) is 19.2. The second kappa shape index (κ2) is 14.5. The zero-order valence-electron chi connectivity index (χ0n) is 30.3. The highest BCUT2D eigenvalue weighted by atomic mass is 32.1. The van der Waals surface area contributed by atoms with Crippen molar-refractivity contribution in [2.24, 2.45) is 0 Å². The van der Waals surface area contributed by atoms with Crippen LogP contribution in [0.4, 0.5) is 5.69 Å². The summed E-state index contributed by atoms with van der Waals surface area (Å²) < 4.78 is 2.29. The number of hydrogen-bond acceptors (Lipinski definition) is 7. The standard InChI is InChI=1S/C49H29N7S/c1-50-39-25-21-32(22-26-39)31-17-19-36(20-18-31)47-52-46(35-15-9-4-10-16-35)55-49(56-47)38-23-27-40-41-29-37(24-28-42(41)57-43(40)30-38)48-53-44(33-11-5-2-6-12-33)51-45(54-48)34-13-7-3-8-14-34/h2-30H. The predicted molar refractivity (Wildman–Crippen MR) is 230 cm³/mol. The van der Waals surface area contributed by atoms with Gasteiger partial charge in [0.15, 0.2) is 40.6 Å². The Labute approximate surface area is 332 Å². The topological polar surface area (TPSA) is 81.7 Å². The first-order valence-electron chi connectivity index (χ1n) is 18.4. The summed E-state index contributed by atoms with van der Waals surface area (Å²) in [4.78, 5) is 33.3. The molecule has 7 aromatic carbocycles. The molecule has 0 saturated heterocycles. The molecular weight excluding hydrogens is 719 g/mol. The van der Waals surface area contributed by atoms with Crippen LogP contribution >= 0.6 is 11.3 Å². The Morgan fingerprint density at radius 3 is 1.16 bits per heavy atom. The highest BCUT2D eigenvalue weighted by Gasteiger charge is 2.17. The molecule has 0 unspecified atom stereocenters. The molecule has 7 nitrogen and oxygen atoms in total. The van der Waals surface area contributed by atoms with E-state index in [-0.39, 0.29) is 0 Å². The van der Waals surface area contributed by atoms with Crippen LogP contribution in [-0.2, 0) is 0 Å². The van der Waals surface area contributed by atoms with Crippen molar-refractivity contribution in [1.29, 1.82) is 0 Å². The minimum Gasteiger partial charge on any atom is -0.238 e. The molecular formula is C49H29N7S. The van der Waals surface area contributed by atoms with Gasteiger partial charge in [0.05, 0.1) is 6.57 Å². The summed E-state index contributed by atoms with van der Waals surface area (Å²) in [6.07, 6.45) is 0. The number of aromatic nitrogens is 6. The van der Waals surface area contributed by atoms with Crippen molar-refractivity contribution in [2.75, 3.05) is 0 Å². The Kier molecular flexibility index (Phi) is 8.60. The van der Waals surface area contributed by atoms with Gasteiger partial charge >= 0.3 is 0 Å². The van der Waals surface area contributed by atoms with Crippen molar-refractivity contribution in [2.45, 2.75) is 0 Å². The number of nitrogens with zero attached hydrogens (tertiary/aromatic N) is 7. The Morgan fingerprint density at radius 2 is 0.684 bits per heavy atom. The number of rotatable bonds is 7. The molecule has 0 saturated carbocycles. The average Bonchev–Trinajstić information content (AvgIpc) is 3.67. The number of benzene rings is 7. The van der Waals surface area contributed by atoms with E-state index in [1.807, 2.05) is 127 Å². The van der Waals surface area contributed by atoms with Crippen molar-refractivity contribution < 1.29 is 0 Å².